The quantitative estimate of drug-likeness (QED) is 0.711. The lowest BCUT2D eigenvalue weighted by molar-refractivity contribution is 0.102. The molecule has 0 radical (unpaired) electrons. The predicted octanol–water partition coefficient (Wildman–Crippen LogP) is 2.74. The Hall–Kier alpha value is -2.89. The lowest BCUT2D eigenvalue weighted by Crippen LogP contribution is -2.13. The standard InChI is InChI=1S/C15H12FN3O2/c1-9-6-11(20)3-4-12(9)18-15(21)13-8-19-7-10(16)2-5-14(19)17-13/h2-8,20H,1H3,(H,18,21). The van der Waals surface area contributed by atoms with E-state index in [4.69, 9.17) is 0 Å². The van der Waals surface area contributed by atoms with E-state index in [1.54, 1.807) is 19.1 Å². The van der Waals surface area contributed by atoms with E-state index in [1.165, 1.54) is 35.0 Å². The van der Waals surface area contributed by atoms with Crippen LogP contribution in [0.1, 0.15) is 16.1 Å². The first-order valence-electron chi connectivity index (χ1n) is 6.28. The van der Waals surface area contributed by atoms with Gasteiger partial charge in [0.05, 0.1) is 0 Å². The number of nitrogens with one attached hydrogen (secondary N) is 1. The number of carbonyl (C=O) groups is 1. The maximum Gasteiger partial charge on any atom is 0.275 e. The number of hydrogen-bond donors (Lipinski definition) is 2. The summed E-state index contributed by atoms with van der Waals surface area (Å²) in [4.78, 5) is 16.3. The van der Waals surface area contributed by atoms with Gasteiger partial charge in [-0.25, -0.2) is 9.37 Å². The van der Waals surface area contributed by atoms with Gasteiger partial charge >= 0.3 is 0 Å². The molecule has 6 heteroatoms. The first-order chi connectivity index (χ1) is 10.0. The molecule has 2 heterocycles. The van der Waals surface area contributed by atoms with Crippen LogP contribution in [0.2, 0.25) is 0 Å². The zero-order chi connectivity index (χ0) is 15.0. The minimum atomic E-state index is -0.402. The number of pyridine rings is 1. The fourth-order valence-electron chi connectivity index (χ4n) is 2.05. The Morgan fingerprint density at radius 3 is 2.86 bits per heavy atom. The molecule has 3 aromatic rings. The summed E-state index contributed by atoms with van der Waals surface area (Å²) < 4.78 is 14.6. The number of rotatable bonds is 2. The number of hydrogen-bond acceptors (Lipinski definition) is 3. The van der Waals surface area contributed by atoms with E-state index in [0.29, 0.717) is 11.3 Å². The molecule has 5 nitrogen and oxygen atoms in total. The number of amides is 1. The largest absolute Gasteiger partial charge is 0.508 e. The van der Waals surface area contributed by atoms with Gasteiger partial charge < -0.3 is 14.8 Å². The van der Waals surface area contributed by atoms with Crippen molar-refractivity contribution in [2.45, 2.75) is 6.92 Å². The van der Waals surface area contributed by atoms with Gasteiger partial charge in [-0.1, -0.05) is 0 Å². The van der Waals surface area contributed by atoms with Crippen molar-refractivity contribution < 1.29 is 14.3 Å². The fourth-order valence-corrected chi connectivity index (χ4v) is 2.05. The highest BCUT2D eigenvalue weighted by Crippen LogP contribution is 2.20. The first kappa shape index (κ1) is 13.1. The van der Waals surface area contributed by atoms with Gasteiger partial charge in [0.15, 0.2) is 0 Å². The number of phenols is 1. The number of aromatic hydroxyl groups is 1. The van der Waals surface area contributed by atoms with Crippen molar-refractivity contribution in [2.24, 2.45) is 0 Å². The molecule has 0 unspecified atom stereocenters. The average molecular weight is 285 g/mol. The summed E-state index contributed by atoms with van der Waals surface area (Å²) in [6.07, 6.45) is 2.72. The lowest BCUT2D eigenvalue weighted by Gasteiger charge is -2.07. The van der Waals surface area contributed by atoms with Crippen LogP contribution in [0.3, 0.4) is 0 Å². The molecule has 0 fully saturated rings. The molecule has 21 heavy (non-hydrogen) atoms. The highest BCUT2D eigenvalue weighted by Gasteiger charge is 2.12. The third-order valence-electron chi connectivity index (χ3n) is 3.11. The SMILES string of the molecule is Cc1cc(O)ccc1NC(=O)c1cn2cc(F)ccc2n1. The van der Waals surface area contributed by atoms with Crippen molar-refractivity contribution in [1.29, 1.82) is 0 Å². The maximum absolute atomic E-state index is 13.1. The van der Waals surface area contributed by atoms with E-state index in [-0.39, 0.29) is 11.4 Å². The topological polar surface area (TPSA) is 66.6 Å². The molecule has 0 spiro atoms. The second-order valence-electron chi connectivity index (χ2n) is 4.69. The summed E-state index contributed by atoms with van der Waals surface area (Å²) in [6, 6.07) is 7.43. The average Bonchev–Trinajstić information content (AvgIpc) is 2.85. The number of fused-ring (bicyclic) bond motifs is 1. The number of imidazole rings is 1. The minimum absolute atomic E-state index is 0.133. The third kappa shape index (κ3) is 2.55. The van der Waals surface area contributed by atoms with Crippen LogP contribution >= 0.6 is 0 Å². The number of phenolic OH excluding ortho intramolecular Hbond substituents is 1. The second kappa shape index (κ2) is 4.90. The van der Waals surface area contributed by atoms with E-state index in [9.17, 15) is 14.3 Å². The zero-order valence-electron chi connectivity index (χ0n) is 11.2. The van der Waals surface area contributed by atoms with Crippen LogP contribution in [0.25, 0.3) is 5.65 Å². The van der Waals surface area contributed by atoms with E-state index < -0.39 is 11.7 Å². The number of aryl methyl sites for hydroxylation is 1. The maximum atomic E-state index is 13.1. The van der Waals surface area contributed by atoms with Crippen LogP contribution in [0, 0.1) is 12.7 Å². The number of anilines is 1. The van der Waals surface area contributed by atoms with Gasteiger partial charge in [0, 0.05) is 18.1 Å². The molecular weight excluding hydrogens is 273 g/mol. The van der Waals surface area contributed by atoms with Gasteiger partial charge in [-0.15, -0.1) is 0 Å². The normalized spacial score (nSPS) is 10.8. The van der Waals surface area contributed by atoms with Crippen molar-refractivity contribution in [3.05, 3.63) is 59.8 Å². The Balaban J connectivity index is 1.89. The summed E-state index contributed by atoms with van der Waals surface area (Å²) in [5, 5.41) is 12.1. The molecule has 0 aliphatic heterocycles. The summed E-state index contributed by atoms with van der Waals surface area (Å²) in [7, 11) is 0. The number of nitrogens with zero attached hydrogens (tertiary/aromatic N) is 2. The summed E-state index contributed by atoms with van der Waals surface area (Å²) in [6.45, 7) is 1.77. The smallest absolute Gasteiger partial charge is 0.275 e. The van der Waals surface area contributed by atoms with E-state index in [0.717, 1.165) is 5.56 Å². The molecule has 1 amide bonds. The molecule has 0 aliphatic rings. The summed E-state index contributed by atoms with van der Waals surface area (Å²) in [5.74, 6) is -0.664. The van der Waals surface area contributed by atoms with Crippen LogP contribution in [-0.2, 0) is 0 Å². The number of halogens is 1. The van der Waals surface area contributed by atoms with E-state index in [1.807, 2.05) is 0 Å². The molecule has 0 aliphatic carbocycles. The highest BCUT2D eigenvalue weighted by molar-refractivity contribution is 6.03. The van der Waals surface area contributed by atoms with E-state index >= 15 is 0 Å². The van der Waals surface area contributed by atoms with Crippen molar-refractivity contribution >= 4 is 17.2 Å². The molecule has 2 aromatic heterocycles. The Labute approximate surface area is 119 Å². The number of benzene rings is 1. The third-order valence-corrected chi connectivity index (χ3v) is 3.11. The summed E-state index contributed by atoms with van der Waals surface area (Å²) >= 11 is 0. The van der Waals surface area contributed by atoms with Gasteiger partial charge in [-0.2, -0.15) is 0 Å². The first-order valence-corrected chi connectivity index (χ1v) is 6.28. The fraction of sp³-hybridized carbons (Fsp3) is 0.0667. The molecule has 0 saturated heterocycles. The van der Waals surface area contributed by atoms with Crippen molar-refractivity contribution in [3.63, 3.8) is 0 Å². The van der Waals surface area contributed by atoms with Gasteiger partial charge in [0.25, 0.3) is 5.91 Å². The molecule has 1 aromatic carbocycles. The molecule has 106 valence electrons. The van der Waals surface area contributed by atoms with Crippen molar-refractivity contribution in [1.82, 2.24) is 9.38 Å². The molecule has 0 saturated carbocycles. The Kier molecular flexibility index (Phi) is 3.06. The Morgan fingerprint density at radius 1 is 1.29 bits per heavy atom. The highest BCUT2D eigenvalue weighted by atomic mass is 19.1. The molecule has 0 bridgehead atoms. The monoisotopic (exact) mass is 285 g/mol. The Morgan fingerprint density at radius 2 is 2.10 bits per heavy atom. The van der Waals surface area contributed by atoms with Crippen LogP contribution in [0.15, 0.2) is 42.7 Å². The lowest BCUT2D eigenvalue weighted by atomic mass is 10.2. The zero-order valence-corrected chi connectivity index (χ0v) is 11.2. The van der Waals surface area contributed by atoms with Crippen LogP contribution in [-0.4, -0.2) is 20.4 Å². The van der Waals surface area contributed by atoms with Crippen LogP contribution < -0.4 is 5.32 Å². The Bertz CT molecular complexity index is 842. The van der Waals surface area contributed by atoms with Crippen LogP contribution in [0.4, 0.5) is 10.1 Å². The van der Waals surface area contributed by atoms with Gasteiger partial charge in [-0.3, -0.25) is 4.79 Å². The molecule has 3 rings (SSSR count). The summed E-state index contributed by atoms with van der Waals surface area (Å²) in [5.41, 5.74) is 2.00. The second-order valence-corrected chi connectivity index (χ2v) is 4.69. The molecule has 0 atom stereocenters. The van der Waals surface area contributed by atoms with Gasteiger partial charge in [0.2, 0.25) is 0 Å². The van der Waals surface area contributed by atoms with Crippen molar-refractivity contribution in [2.75, 3.05) is 5.32 Å². The van der Waals surface area contributed by atoms with Crippen LogP contribution in [0.5, 0.6) is 5.75 Å². The van der Waals surface area contributed by atoms with Crippen molar-refractivity contribution in [3.8, 4) is 5.75 Å². The molecular formula is C15H12FN3O2. The van der Waals surface area contributed by atoms with Gasteiger partial charge in [0.1, 0.15) is 22.9 Å². The van der Waals surface area contributed by atoms with Gasteiger partial charge in [-0.05, 0) is 42.8 Å². The van der Waals surface area contributed by atoms with E-state index in [2.05, 4.69) is 10.3 Å². The number of aromatic nitrogens is 2. The minimum Gasteiger partial charge on any atom is -0.508 e. The molecule has 2 N–H and O–H groups in total. The number of carbonyl (C=O) groups excluding carboxylic acids is 1. The predicted molar refractivity (Wildman–Crippen MR) is 75.9 cm³/mol.